The van der Waals surface area contributed by atoms with Crippen LogP contribution in [-0.2, 0) is 29.1 Å². The summed E-state index contributed by atoms with van der Waals surface area (Å²) in [5, 5.41) is 14.6. The van der Waals surface area contributed by atoms with Crippen molar-refractivity contribution in [1.29, 1.82) is 0 Å². The highest BCUT2D eigenvalue weighted by Crippen LogP contribution is 2.55. The van der Waals surface area contributed by atoms with E-state index in [9.17, 15) is 23.1 Å². The van der Waals surface area contributed by atoms with Crippen molar-refractivity contribution in [1.82, 2.24) is 4.83 Å². The first-order chi connectivity index (χ1) is 19.4. The van der Waals surface area contributed by atoms with E-state index in [1.165, 1.54) is 31.4 Å². The number of esters is 2. The van der Waals surface area contributed by atoms with Gasteiger partial charge in [-0.05, 0) is 66.4 Å². The highest BCUT2D eigenvalue weighted by molar-refractivity contribution is 7.89. The van der Waals surface area contributed by atoms with Gasteiger partial charge in [0.1, 0.15) is 11.5 Å². The van der Waals surface area contributed by atoms with Crippen molar-refractivity contribution in [3.63, 3.8) is 0 Å². The number of ether oxygens (including phenoxy) is 3. The molecule has 0 spiro atoms. The first kappa shape index (κ1) is 30.6. The molecular formula is C29H38N2O8SSi. The summed E-state index contributed by atoms with van der Waals surface area (Å²) in [6, 6.07) is 11.5. The van der Waals surface area contributed by atoms with Crippen LogP contribution in [0.1, 0.15) is 42.7 Å². The van der Waals surface area contributed by atoms with Gasteiger partial charge in [-0.1, -0.05) is 32.6 Å². The van der Waals surface area contributed by atoms with Gasteiger partial charge in [-0.3, -0.25) is 9.59 Å². The van der Waals surface area contributed by atoms with E-state index in [0.29, 0.717) is 23.4 Å². The molecule has 0 heterocycles. The van der Waals surface area contributed by atoms with Crippen LogP contribution in [0.5, 0.6) is 11.5 Å². The minimum absolute atomic E-state index is 0.00979. The van der Waals surface area contributed by atoms with Crippen LogP contribution in [0.2, 0.25) is 25.7 Å². The number of hydrogen-bond acceptors (Lipinski definition) is 9. The minimum Gasteiger partial charge on any atom is -0.508 e. The summed E-state index contributed by atoms with van der Waals surface area (Å²) in [5.74, 6) is -3.69. The maximum Gasteiger partial charge on any atom is 0.310 e. The number of aromatic hydroxyl groups is 1. The van der Waals surface area contributed by atoms with Gasteiger partial charge >= 0.3 is 11.9 Å². The third-order valence-electron chi connectivity index (χ3n) is 7.54. The molecule has 1 unspecified atom stereocenters. The molecule has 10 nitrogen and oxygen atoms in total. The zero-order chi connectivity index (χ0) is 29.9. The van der Waals surface area contributed by atoms with Crippen LogP contribution in [0, 0.1) is 11.8 Å². The lowest BCUT2D eigenvalue weighted by Gasteiger charge is -2.47. The quantitative estimate of drug-likeness (QED) is 0.219. The molecule has 3 aliphatic carbocycles. The summed E-state index contributed by atoms with van der Waals surface area (Å²) < 4.78 is 42.5. The predicted octanol–water partition coefficient (Wildman–Crippen LogP) is 4.39. The Balaban J connectivity index is 1.72. The fraction of sp³-hybridized carbons (Fsp3) is 0.483. The van der Waals surface area contributed by atoms with Gasteiger partial charge in [-0.25, -0.2) is 4.83 Å². The maximum atomic E-state index is 13.6. The van der Waals surface area contributed by atoms with Crippen LogP contribution in [-0.4, -0.2) is 59.6 Å². The number of hydrazone groups is 1. The van der Waals surface area contributed by atoms with Crippen LogP contribution >= 0.6 is 0 Å². The predicted molar refractivity (Wildman–Crippen MR) is 156 cm³/mol. The monoisotopic (exact) mass is 602 g/mol. The van der Waals surface area contributed by atoms with Crippen LogP contribution in [0.15, 0.2) is 52.5 Å². The Labute approximate surface area is 242 Å². The normalized spacial score (nSPS) is 22.6. The fourth-order valence-corrected chi connectivity index (χ4v) is 7.03. The van der Waals surface area contributed by atoms with Gasteiger partial charge in [0.05, 0.1) is 37.1 Å². The summed E-state index contributed by atoms with van der Waals surface area (Å²) in [6.45, 7) is 8.88. The number of benzene rings is 2. The number of phenolic OH excluding ortho intramolecular Hbond substituents is 1. The molecular weight excluding hydrogens is 564 g/mol. The van der Waals surface area contributed by atoms with E-state index in [4.69, 9.17) is 14.2 Å². The van der Waals surface area contributed by atoms with Crippen molar-refractivity contribution in [3.8, 4) is 11.5 Å². The summed E-state index contributed by atoms with van der Waals surface area (Å²) in [4.78, 5) is 29.4. The Bertz CT molecular complexity index is 1420. The van der Waals surface area contributed by atoms with Crippen LogP contribution in [0.25, 0.3) is 0 Å². The summed E-state index contributed by atoms with van der Waals surface area (Å²) in [7, 11) is -4.03. The van der Waals surface area contributed by atoms with E-state index < -0.39 is 53.7 Å². The molecule has 3 aliphatic rings. The molecule has 4 atom stereocenters. The molecule has 2 aromatic rings. The second-order valence-electron chi connectivity index (χ2n) is 11.7. The lowest BCUT2D eigenvalue weighted by molar-refractivity contribution is -0.163. The van der Waals surface area contributed by atoms with Crippen LogP contribution < -0.4 is 9.57 Å². The zero-order valence-electron chi connectivity index (χ0n) is 24.0. The first-order valence-corrected chi connectivity index (χ1v) is 18.9. The molecule has 1 fully saturated rings. The van der Waals surface area contributed by atoms with Gasteiger partial charge < -0.3 is 19.3 Å². The minimum atomic E-state index is -4.04. The number of sulfonamides is 1. The molecule has 5 rings (SSSR count). The number of nitrogens with zero attached hydrogens (tertiary/aromatic N) is 1. The Morgan fingerprint density at radius 1 is 1.00 bits per heavy atom. The van der Waals surface area contributed by atoms with Crippen molar-refractivity contribution in [2.24, 2.45) is 16.9 Å². The summed E-state index contributed by atoms with van der Waals surface area (Å²) in [6.07, 6.45) is 0.830. The van der Waals surface area contributed by atoms with E-state index in [-0.39, 0.29) is 30.3 Å². The van der Waals surface area contributed by atoms with Crippen LogP contribution in [0.4, 0.5) is 0 Å². The summed E-state index contributed by atoms with van der Waals surface area (Å²) >= 11 is 0. The number of methoxy groups -OCH3 is 1. The number of phenols is 1. The highest BCUT2D eigenvalue weighted by atomic mass is 32.2. The highest BCUT2D eigenvalue weighted by Gasteiger charge is 2.57. The molecule has 0 radical (unpaired) electrons. The Hall–Kier alpha value is -3.38. The van der Waals surface area contributed by atoms with Crippen molar-refractivity contribution in [2.75, 3.05) is 20.3 Å². The number of carbonyl (C=O) groups excluding carboxylic acids is 2. The molecule has 2 N–H and O–H groups in total. The zero-order valence-corrected chi connectivity index (χ0v) is 25.9. The number of fused-ring (bicyclic) bond motifs is 2. The third kappa shape index (κ3) is 6.75. The van der Waals surface area contributed by atoms with Crippen LogP contribution in [0.3, 0.4) is 0 Å². The SMILES string of the molecule is CCCOC(=O)[C@H]1[C@H](C(=O)OCC[Si](C)(C)C)C2C/C(=N\NS(=O)(=O)c3ccc(OC)cc3)[C@H]1c1cc(O)ccc12. The molecule has 0 amide bonds. The Morgan fingerprint density at radius 2 is 1.66 bits per heavy atom. The number of hydrogen-bond donors (Lipinski definition) is 2. The van der Waals surface area contributed by atoms with Crippen molar-refractivity contribution in [2.45, 2.75) is 62.2 Å². The maximum absolute atomic E-state index is 13.6. The molecule has 0 saturated heterocycles. The smallest absolute Gasteiger partial charge is 0.310 e. The number of carbonyl (C=O) groups is 2. The first-order valence-electron chi connectivity index (χ1n) is 13.7. The van der Waals surface area contributed by atoms with E-state index in [0.717, 1.165) is 11.6 Å². The van der Waals surface area contributed by atoms with Crippen molar-refractivity contribution >= 4 is 35.7 Å². The molecule has 12 heteroatoms. The molecule has 0 aliphatic heterocycles. The second-order valence-corrected chi connectivity index (χ2v) is 19.0. The molecule has 222 valence electrons. The van der Waals surface area contributed by atoms with Gasteiger partial charge in [-0.2, -0.15) is 13.5 Å². The summed E-state index contributed by atoms with van der Waals surface area (Å²) in [5.41, 5.74) is 1.81. The lowest BCUT2D eigenvalue weighted by Crippen LogP contribution is -2.51. The van der Waals surface area contributed by atoms with Crippen molar-refractivity contribution in [3.05, 3.63) is 53.6 Å². The molecule has 0 aromatic heterocycles. The van der Waals surface area contributed by atoms with Gasteiger partial charge in [0.25, 0.3) is 10.0 Å². The van der Waals surface area contributed by atoms with Gasteiger partial charge in [-0.15, -0.1) is 0 Å². The van der Waals surface area contributed by atoms with E-state index in [2.05, 4.69) is 29.6 Å². The Kier molecular flexibility index (Phi) is 9.12. The number of rotatable bonds is 11. The topological polar surface area (TPSA) is 141 Å². The van der Waals surface area contributed by atoms with E-state index >= 15 is 0 Å². The molecule has 1 saturated carbocycles. The Morgan fingerprint density at radius 3 is 2.29 bits per heavy atom. The lowest BCUT2D eigenvalue weighted by atomic mass is 9.55. The second kappa shape index (κ2) is 12.2. The molecule has 41 heavy (non-hydrogen) atoms. The standard InChI is InChI=1S/C29H38N2O8SSi/c1-6-13-38-29(34)27-25-22-16-18(32)7-12-21(22)23(26(27)28(33)39-14-15-41(3,4)5)17-24(25)30-31-40(35,36)20-10-8-19(37-2)9-11-20/h7-12,16,23,25-27,31-32H,6,13-15,17H2,1-5H3/b30-24+/t23?,25-,26-,27-/m1/s1. The average molecular weight is 603 g/mol. The number of nitrogens with one attached hydrogen (secondary N) is 1. The molecule has 2 aromatic carbocycles. The van der Waals surface area contributed by atoms with Gasteiger partial charge in [0.2, 0.25) is 0 Å². The van der Waals surface area contributed by atoms with E-state index in [1.807, 2.05) is 6.92 Å². The third-order valence-corrected chi connectivity index (χ3v) is 10.5. The fourth-order valence-electron chi connectivity index (χ4n) is 5.48. The average Bonchev–Trinajstić information content (AvgIpc) is 2.93. The van der Waals surface area contributed by atoms with E-state index in [1.54, 1.807) is 18.2 Å². The molecule has 2 bridgehead atoms. The van der Waals surface area contributed by atoms with Crippen molar-refractivity contribution < 1.29 is 37.3 Å². The largest absolute Gasteiger partial charge is 0.508 e. The van der Waals surface area contributed by atoms with Gasteiger partial charge in [0, 0.05) is 25.6 Å². The van der Waals surface area contributed by atoms with Gasteiger partial charge in [0.15, 0.2) is 0 Å².